The van der Waals surface area contributed by atoms with Crippen LogP contribution in [0.1, 0.15) is 31.2 Å². The lowest BCUT2D eigenvalue weighted by Gasteiger charge is -2.16. The van der Waals surface area contributed by atoms with Gasteiger partial charge < -0.3 is 11.1 Å². The summed E-state index contributed by atoms with van der Waals surface area (Å²) < 4.78 is 13.5. The molecule has 0 spiro atoms. The van der Waals surface area contributed by atoms with Crippen LogP contribution in [0.15, 0.2) is 24.3 Å². The summed E-state index contributed by atoms with van der Waals surface area (Å²) in [6.45, 7) is 2.18. The molecular formula is C14H19FN2O. The second kappa shape index (κ2) is 5.48. The van der Waals surface area contributed by atoms with E-state index in [0.717, 1.165) is 12.8 Å². The van der Waals surface area contributed by atoms with Crippen LogP contribution in [0.25, 0.3) is 0 Å². The van der Waals surface area contributed by atoms with Crippen LogP contribution in [0, 0.1) is 11.7 Å². The molecule has 0 aromatic heterocycles. The fraction of sp³-hybridized carbons (Fsp3) is 0.500. The maximum Gasteiger partial charge on any atom is 0.227 e. The first-order valence-electron chi connectivity index (χ1n) is 6.37. The van der Waals surface area contributed by atoms with Crippen molar-refractivity contribution in [3.63, 3.8) is 0 Å². The highest BCUT2D eigenvalue weighted by atomic mass is 19.1. The fourth-order valence-corrected chi connectivity index (χ4v) is 2.03. The molecule has 1 aliphatic rings. The summed E-state index contributed by atoms with van der Waals surface area (Å²) in [7, 11) is 0. The van der Waals surface area contributed by atoms with Gasteiger partial charge in [-0.15, -0.1) is 0 Å². The van der Waals surface area contributed by atoms with Crippen molar-refractivity contribution in [1.82, 2.24) is 5.32 Å². The second-order valence-electron chi connectivity index (χ2n) is 4.99. The average molecular weight is 250 g/mol. The van der Waals surface area contributed by atoms with Crippen molar-refractivity contribution in [2.75, 3.05) is 6.54 Å². The highest BCUT2D eigenvalue weighted by Gasteiger charge is 2.29. The number of hydrogen-bond donors (Lipinski definition) is 2. The van der Waals surface area contributed by atoms with Crippen LogP contribution >= 0.6 is 0 Å². The third-order valence-electron chi connectivity index (χ3n) is 3.50. The topological polar surface area (TPSA) is 55.1 Å². The maximum atomic E-state index is 13.5. The van der Waals surface area contributed by atoms with Crippen molar-refractivity contribution in [2.24, 2.45) is 11.7 Å². The van der Waals surface area contributed by atoms with Gasteiger partial charge in [-0.3, -0.25) is 4.79 Å². The Labute approximate surface area is 107 Å². The highest BCUT2D eigenvalue weighted by Crippen LogP contribution is 2.31. The highest BCUT2D eigenvalue weighted by molar-refractivity contribution is 5.83. The molecule has 0 aliphatic heterocycles. The minimum atomic E-state index is -0.488. The summed E-state index contributed by atoms with van der Waals surface area (Å²) in [5.74, 6) is -0.450. The summed E-state index contributed by atoms with van der Waals surface area (Å²) in [6.07, 6.45) is 2.31. The maximum absolute atomic E-state index is 13.5. The summed E-state index contributed by atoms with van der Waals surface area (Å²) in [6, 6.07) is 6.39. The van der Waals surface area contributed by atoms with Gasteiger partial charge >= 0.3 is 0 Å². The minimum absolute atomic E-state index is 0.0294. The van der Waals surface area contributed by atoms with Crippen LogP contribution in [-0.4, -0.2) is 18.5 Å². The molecule has 98 valence electrons. The van der Waals surface area contributed by atoms with Crippen LogP contribution in [0.3, 0.4) is 0 Å². The lowest BCUT2D eigenvalue weighted by molar-refractivity contribution is -0.122. The van der Waals surface area contributed by atoms with Crippen LogP contribution in [0.2, 0.25) is 0 Å². The molecule has 1 fully saturated rings. The van der Waals surface area contributed by atoms with Crippen molar-refractivity contribution in [3.8, 4) is 0 Å². The van der Waals surface area contributed by atoms with Crippen molar-refractivity contribution in [2.45, 2.75) is 31.7 Å². The van der Waals surface area contributed by atoms with E-state index in [9.17, 15) is 9.18 Å². The van der Waals surface area contributed by atoms with Crippen molar-refractivity contribution in [1.29, 1.82) is 0 Å². The third kappa shape index (κ3) is 3.07. The van der Waals surface area contributed by atoms with E-state index < -0.39 is 5.92 Å². The number of carbonyl (C=O) groups excluding carboxylic acids is 1. The number of carbonyl (C=O) groups is 1. The smallest absolute Gasteiger partial charge is 0.227 e. The van der Waals surface area contributed by atoms with Crippen LogP contribution in [0.4, 0.5) is 4.39 Å². The molecule has 2 atom stereocenters. The predicted molar refractivity (Wildman–Crippen MR) is 68.5 cm³/mol. The van der Waals surface area contributed by atoms with E-state index in [4.69, 9.17) is 5.73 Å². The van der Waals surface area contributed by atoms with Crippen LogP contribution < -0.4 is 11.1 Å². The van der Waals surface area contributed by atoms with Gasteiger partial charge in [-0.05, 0) is 37.3 Å². The van der Waals surface area contributed by atoms with Crippen molar-refractivity contribution >= 4 is 5.91 Å². The van der Waals surface area contributed by atoms with Crippen molar-refractivity contribution < 1.29 is 9.18 Å². The van der Waals surface area contributed by atoms with E-state index in [1.807, 2.05) is 0 Å². The molecule has 1 aromatic carbocycles. The molecule has 4 heteroatoms. The number of nitrogens with one attached hydrogen (secondary N) is 1. The molecule has 3 nitrogen and oxygen atoms in total. The monoisotopic (exact) mass is 250 g/mol. The lowest BCUT2D eigenvalue weighted by Crippen LogP contribution is -2.40. The third-order valence-corrected chi connectivity index (χ3v) is 3.50. The summed E-state index contributed by atoms with van der Waals surface area (Å²) in [4.78, 5) is 11.9. The zero-order chi connectivity index (χ0) is 13.1. The van der Waals surface area contributed by atoms with Gasteiger partial charge in [0.15, 0.2) is 0 Å². The Morgan fingerprint density at radius 3 is 2.78 bits per heavy atom. The fourth-order valence-electron chi connectivity index (χ4n) is 2.03. The van der Waals surface area contributed by atoms with Crippen molar-refractivity contribution in [3.05, 3.63) is 35.6 Å². The SMILES string of the molecule is CC(C(=O)NCC(N)C1CC1)c1ccccc1F. The molecule has 0 radical (unpaired) electrons. The second-order valence-corrected chi connectivity index (χ2v) is 4.99. The molecule has 1 aliphatic carbocycles. The average Bonchev–Trinajstić information content (AvgIpc) is 3.19. The molecule has 1 amide bonds. The van der Waals surface area contributed by atoms with Gasteiger partial charge in [0, 0.05) is 12.6 Å². The molecule has 0 heterocycles. The van der Waals surface area contributed by atoms with Gasteiger partial charge in [0.2, 0.25) is 5.91 Å². The van der Waals surface area contributed by atoms with Gasteiger partial charge in [-0.2, -0.15) is 0 Å². The van der Waals surface area contributed by atoms with Gasteiger partial charge in [-0.25, -0.2) is 4.39 Å². The van der Waals surface area contributed by atoms with Gasteiger partial charge in [-0.1, -0.05) is 18.2 Å². The molecule has 0 saturated heterocycles. The normalized spacial score (nSPS) is 18.2. The number of nitrogens with two attached hydrogens (primary N) is 1. The van der Waals surface area contributed by atoms with E-state index in [2.05, 4.69) is 5.32 Å². The lowest BCUT2D eigenvalue weighted by atomic mass is 9.99. The Bertz CT molecular complexity index is 432. The Morgan fingerprint density at radius 1 is 1.50 bits per heavy atom. The molecule has 1 saturated carbocycles. The first kappa shape index (κ1) is 13.0. The standard InChI is InChI=1S/C14H19FN2O/c1-9(11-4-2-3-5-12(11)15)14(18)17-8-13(16)10-6-7-10/h2-5,9-10,13H,6-8,16H2,1H3,(H,17,18). The summed E-state index contributed by atoms with van der Waals surface area (Å²) in [5, 5.41) is 2.80. The van der Waals surface area contributed by atoms with E-state index >= 15 is 0 Å². The van der Waals surface area contributed by atoms with Gasteiger partial charge in [0.25, 0.3) is 0 Å². The largest absolute Gasteiger partial charge is 0.354 e. The first-order chi connectivity index (χ1) is 8.59. The zero-order valence-electron chi connectivity index (χ0n) is 10.5. The zero-order valence-corrected chi connectivity index (χ0v) is 10.5. The molecule has 0 bridgehead atoms. The van der Waals surface area contributed by atoms with Gasteiger partial charge in [0.05, 0.1) is 5.92 Å². The van der Waals surface area contributed by atoms with E-state index in [0.29, 0.717) is 18.0 Å². The predicted octanol–water partition coefficient (Wildman–Crippen LogP) is 1.78. The molecular weight excluding hydrogens is 231 g/mol. The Hall–Kier alpha value is -1.42. The minimum Gasteiger partial charge on any atom is -0.354 e. The first-order valence-corrected chi connectivity index (χ1v) is 6.37. The Kier molecular flexibility index (Phi) is 3.97. The number of hydrogen-bond acceptors (Lipinski definition) is 2. The van der Waals surface area contributed by atoms with E-state index in [1.54, 1.807) is 25.1 Å². The summed E-state index contributed by atoms with van der Waals surface area (Å²) in [5.41, 5.74) is 6.33. The van der Waals surface area contributed by atoms with Crippen LogP contribution in [-0.2, 0) is 4.79 Å². The molecule has 2 unspecified atom stereocenters. The molecule has 18 heavy (non-hydrogen) atoms. The molecule has 2 rings (SSSR count). The summed E-state index contributed by atoms with van der Waals surface area (Å²) >= 11 is 0. The van der Waals surface area contributed by atoms with E-state index in [1.165, 1.54) is 6.07 Å². The van der Waals surface area contributed by atoms with Crippen LogP contribution in [0.5, 0.6) is 0 Å². The number of benzene rings is 1. The van der Waals surface area contributed by atoms with E-state index in [-0.39, 0.29) is 17.8 Å². The Balaban J connectivity index is 1.90. The molecule has 1 aromatic rings. The number of amides is 1. The number of halogens is 1. The number of rotatable bonds is 5. The Morgan fingerprint density at radius 2 is 2.17 bits per heavy atom. The van der Waals surface area contributed by atoms with Gasteiger partial charge in [0.1, 0.15) is 5.82 Å². The quantitative estimate of drug-likeness (QED) is 0.837. The molecule has 3 N–H and O–H groups in total.